The van der Waals surface area contributed by atoms with Gasteiger partial charge in [-0.15, -0.1) is 24.0 Å². The van der Waals surface area contributed by atoms with Crippen molar-refractivity contribution in [1.29, 1.82) is 0 Å². The van der Waals surface area contributed by atoms with Gasteiger partial charge in [0.1, 0.15) is 23.9 Å². The summed E-state index contributed by atoms with van der Waals surface area (Å²) in [5.74, 6) is 2.44. The van der Waals surface area contributed by atoms with Gasteiger partial charge in [0.2, 0.25) is 0 Å². The molecule has 158 valence electrons. The molecular formula is C23H26IN3O3. The third-order valence-corrected chi connectivity index (χ3v) is 4.27. The average molecular weight is 519 g/mol. The minimum atomic E-state index is 0. The fourth-order valence-electron chi connectivity index (χ4n) is 2.86. The Hall–Kier alpha value is -2.94. The minimum absolute atomic E-state index is 0. The summed E-state index contributed by atoms with van der Waals surface area (Å²) in [4.78, 5) is 4.33. The third-order valence-electron chi connectivity index (χ3n) is 4.27. The summed E-state index contributed by atoms with van der Waals surface area (Å²) in [5, 5.41) is 3.04. The van der Waals surface area contributed by atoms with Crippen LogP contribution in [0.25, 0.3) is 11.1 Å². The molecule has 3 N–H and O–H groups in total. The van der Waals surface area contributed by atoms with Crippen LogP contribution in [0, 0.1) is 0 Å². The van der Waals surface area contributed by atoms with Crippen molar-refractivity contribution in [3.8, 4) is 28.4 Å². The molecule has 7 heteroatoms. The Morgan fingerprint density at radius 1 is 0.900 bits per heavy atom. The Kier molecular flexibility index (Phi) is 9.27. The molecule has 0 saturated carbocycles. The number of anilines is 1. The lowest BCUT2D eigenvalue weighted by Crippen LogP contribution is -2.24. The van der Waals surface area contributed by atoms with Gasteiger partial charge in [-0.05, 0) is 23.8 Å². The highest BCUT2D eigenvalue weighted by Gasteiger charge is 2.07. The zero-order valence-corrected chi connectivity index (χ0v) is 19.3. The highest BCUT2D eigenvalue weighted by Crippen LogP contribution is 2.30. The molecule has 30 heavy (non-hydrogen) atoms. The van der Waals surface area contributed by atoms with E-state index < -0.39 is 0 Å². The van der Waals surface area contributed by atoms with Gasteiger partial charge in [-0.3, -0.25) is 0 Å². The summed E-state index contributed by atoms with van der Waals surface area (Å²) >= 11 is 0. The predicted octanol–water partition coefficient (Wildman–Crippen LogP) is 4.79. The summed E-state index contributed by atoms with van der Waals surface area (Å²) in [5.41, 5.74) is 8.85. The molecule has 0 spiro atoms. The van der Waals surface area contributed by atoms with Crippen LogP contribution in [0.2, 0.25) is 0 Å². The molecule has 0 heterocycles. The zero-order valence-electron chi connectivity index (χ0n) is 17.0. The molecule has 0 bridgehead atoms. The van der Waals surface area contributed by atoms with Gasteiger partial charge >= 0.3 is 0 Å². The summed E-state index contributed by atoms with van der Waals surface area (Å²) in [6.45, 7) is 0.815. The summed E-state index contributed by atoms with van der Waals surface area (Å²) in [6, 6.07) is 23.5. The van der Waals surface area contributed by atoms with E-state index >= 15 is 0 Å². The number of nitrogens with zero attached hydrogens (tertiary/aromatic N) is 1. The van der Waals surface area contributed by atoms with Crippen molar-refractivity contribution in [1.82, 2.24) is 0 Å². The molecule has 3 rings (SSSR count). The van der Waals surface area contributed by atoms with Crippen LogP contribution < -0.4 is 25.3 Å². The number of methoxy groups -OCH3 is 2. The molecule has 6 nitrogen and oxygen atoms in total. The van der Waals surface area contributed by atoms with Crippen LogP contribution in [0.4, 0.5) is 5.69 Å². The molecule has 0 aliphatic rings. The molecule has 3 aromatic rings. The highest BCUT2D eigenvalue weighted by atomic mass is 127. The van der Waals surface area contributed by atoms with Crippen molar-refractivity contribution < 1.29 is 14.2 Å². The maximum absolute atomic E-state index is 6.01. The Morgan fingerprint density at radius 2 is 1.63 bits per heavy atom. The van der Waals surface area contributed by atoms with Crippen LogP contribution >= 0.6 is 24.0 Å². The lowest BCUT2D eigenvalue weighted by molar-refractivity contribution is 0.330. The number of ether oxygens (including phenoxy) is 3. The quantitative estimate of drug-likeness (QED) is 0.194. The highest BCUT2D eigenvalue weighted by molar-refractivity contribution is 14.0. The molecule has 3 aromatic carbocycles. The molecule has 0 fully saturated rings. The molecule has 0 radical (unpaired) electrons. The van der Waals surface area contributed by atoms with Crippen molar-refractivity contribution in [2.24, 2.45) is 10.7 Å². The van der Waals surface area contributed by atoms with E-state index in [2.05, 4.69) is 22.4 Å². The van der Waals surface area contributed by atoms with Crippen LogP contribution in [0.1, 0.15) is 0 Å². The molecular weight excluding hydrogens is 493 g/mol. The van der Waals surface area contributed by atoms with Gasteiger partial charge in [0.05, 0.1) is 26.5 Å². The Labute approximate surface area is 194 Å². The van der Waals surface area contributed by atoms with Crippen molar-refractivity contribution in [3.63, 3.8) is 0 Å². The molecule has 0 amide bonds. The van der Waals surface area contributed by atoms with E-state index in [0.717, 1.165) is 16.9 Å². The fraction of sp³-hybridized carbons (Fsp3) is 0.174. The van der Waals surface area contributed by atoms with Crippen LogP contribution in [0.3, 0.4) is 0 Å². The van der Waals surface area contributed by atoms with Gasteiger partial charge in [0, 0.05) is 11.6 Å². The number of guanidine groups is 1. The van der Waals surface area contributed by atoms with Gasteiger partial charge in [0.15, 0.2) is 5.96 Å². The normalized spacial score (nSPS) is 10.7. The number of nitrogens with two attached hydrogens (primary N) is 1. The molecule has 0 aromatic heterocycles. The zero-order chi connectivity index (χ0) is 20.5. The first-order valence-electron chi connectivity index (χ1n) is 9.27. The lowest BCUT2D eigenvalue weighted by Gasteiger charge is -2.13. The SMILES string of the molecule is COc1ccc(OC)c(NC(N)=NCCOc2ccccc2-c2ccccc2)c1.I. The summed E-state index contributed by atoms with van der Waals surface area (Å²) in [6.07, 6.45) is 0. The standard InChI is InChI=1S/C23H25N3O3.HI/c1-27-18-12-13-22(28-2)20(16-18)26-23(24)25-14-15-29-21-11-7-6-10-19(21)17-8-4-3-5-9-17;/h3-13,16H,14-15H2,1-2H3,(H3,24,25,26);1H. The van der Waals surface area contributed by atoms with Crippen molar-refractivity contribution >= 4 is 35.6 Å². The second-order valence-corrected chi connectivity index (χ2v) is 6.17. The van der Waals surface area contributed by atoms with Crippen LogP contribution in [-0.2, 0) is 0 Å². The van der Waals surface area contributed by atoms with Gasteiger partial charge in [-0.2, -0.15) is 0 Å². The Bertz CT molecular complexity index is 965. The summed E-state index contributed by atoms with van der Waals surface area (Å²) in [7, 11) is 3.20. The average Bonchev–Trinajstić information content (AvgIpc) is 2.77. The maximum atomic E-state index is 6.01. The van der Waals surface area contributed by atoms with E-state index in [4.69, 9.17) is 19.9 Å². The smallest absolute Gasteiger partial charge is 0.193 e. The van der Waals surface area contributed by atoms with Crippen LogP contribution in [-0.4, -0.2) is 33.3 Å². The Balaban J connectivity index is 0.00000320. The monoisotopic (exact) mass is 519 g/mol. The number of hydrogen-bond acceptors (Lipinski definition) is 4. The number of rotatable bonds is 8. The molecule has 0 unspecified atom stereocenters. The van der Waals surface area contributed by atoms with Crippen molar-refractivity contribution in [2.45, 2.75) is 0 Å². The minimum Gasteiger partial charge on any atom is -0.497 e. The van der Waals surface area contributed by atoms with Gasteiger partial charge in [-0.25, -0.2) is 4.99 Å². The molecule has 0 aliphatic carbocycles. The number of halogens is 1. The topological polar surface area (TPSA) is 78.1 Å². The third kappa shape index (κ3) is 6.28. The number of nitrogens with one attached hydrogen (secondary N) is 1. The largest absolute Gasteiger partial charge is 0.497 e. The van der Waals surface area contributed by atoms with Gasteiger partial charge in [0.25, 0.3) is 0 Å². The van der Waals surface area contributed by atoms with E-state index in [0.29, 0.717) is 30.3 Å². The second kappa shape index (κ2) is 11.9. The molecule has 0 aliphatic heterocycles. The number of hydrogen-bond donors (Lipinski definition) is 2. The van der Waals surface area contributed by atoms with E-state index in [9.17, 15) is 0 Å². The second-order valence-electron chi connectivity index (χ2n) is 6.17. The predicted molar refractivity (Wildman–Crippen MR) is 132 cm³/mol. The number of aliphatic imine (C=N–C) groups is 1. The van der Waals surface area contributed by atoms with E-state index in [1.807, 2.05) is 48.5 Å². The molecule has 0 atom stereocenters. The number of benzene rings is 3. The number of para-hydroxylation sites is 1. The van der Waals surface area contributed by atoms with E-state index in [1.165, 1.54) is 0 Å². The first-order valence-corrected chi connectivity index (χ1v) is 9.27. The maximum Gasteiger partial charge on any atom is 0.193 e. The molecule has 0 saturated heterocycles. The van der Waals surface area contributed by atoms with Gasteiger partial charge < -0.3 is 25.3 Å². The lowest BCUT2D eigenvalue weighted by atomic mass is 10.1. The summed E-state index contributed by atoms with van der Waals surface area (Å²) < 4.78 is 16.5. The van der Waals surface area contributed by atoms with E-state index in [1.54, 1.807) is 26.4 Å². The fourth-order valence-corrected chi connectivity index (χ4v) is 2.86. The van der Waals surface area contributed by atoms with Crippen molar-refractivity contribution in [2.75, 3.05) is 32.7 Å². The first-order chi connectivity index (χ1) is 14.2. The Morgan fingerprint density at radius 3 is 2.37 bits per heavy atom. The van der Waals surface area contributed by atoms with Crippen LogP contribution in [0.5, 0.6) is 17.2 Å². The first kappa shape index (κ1) is 23.3. The van der Waals surface area contributed by atoms with Gasteiger partial charge in [-0.1, -0.05) is 48.5 Å². The van der Waals surface area contributed by atoms with Crippen LogP contribution in [0.15, 0.2) is 77.8 Å². The van der Waals surface area contributed by atoms with Crippen molar-refractivity contribution in [3.05, 3.63) is 72.8 Å². The van der Waals surface area contributed by atoms with E-state index in [-0.39, 0.29) is 29.9 Å².